The van der Waals surface area contributed by atoms with Gasteiger partial charge in [-0.25, -0.2) is 0 Å². The van der Waals surface area contributed by atoms with Gasteiger partial charge < -0.3 is 4.74 Å². The van der Waals surface area contributed by atoms with Crippen LogP contribution in [0.4, 0.5) is 0 Å². The topological polar surface area (TPSA) is 39.9 Å². The summed E-state index contributed by atoms with van der Waals surface area (Å²) in [6.45, 7) is 7.93. The van der Waals surface area contributed by atoms with E-state index in [1.807, 2.05) is 23.0 Å². The van der Waals surface area contributed by atoms with Gasteiger partial charge in [-0.15, -0.1) is 5.10 Å². The molecule has 0 aliphatic heterocycles. The van der Waals surface area contributed by atoms with Crippen LogP contribution in [0.1, 0.15) is 37.3 Å². The van der Waals surface area contributed by atoms with Crippen molar-refractivity contribution in [3.8, 4) is 17.0 Å². The van der Waals surface area contributed by atoms with Gasteiger partial charge in [-0.2, -0.15) is 0 Å². The van der Waals surface area contributed by atoms with Crippen LogP contribution in [0.5, 0.6) is 5.75 Å². The van der Waals surface area contributed by atoms with E-state index in [4.69, 9.17) is 4.74 Å². The molecule has 1 heterocycles. The summed E-state index contributed by atoms with van der Waals surface area (Å²) >= 11 is 0. The van der Waals surface area contributed by atoms with Crippen LogP contribution in [0, 0.1) is 6.92 Å². The SMILES string of the molecule is Cc1ccc(OCCCn2cc(-c3cccc(C(C)C)c3)nn2)cc1. The standard InChI is InChI=1S/C21H25N3O/c1-16(2)18-6-4-7-19(14-18)21-15-24(23-22-21)12-5-13-25-20-10-8-17(3)9-11-20/h4,6-11,14-16H,5,12-13H2,1-3H3. The second-order valence-electron chi connectivity index (χ2n) is 6.66. The van der Waals surface area contributed by atoms with Crippen molar-refractivity contribution in [1.29, 1.82) is 0 Å². The first kappa shape index (κ1) is 17.2. The molecule has 4 heteroatoms. The van der Waals surface area contributed by atoms with E-state index in [9.17, 15) is 0 Å². The number of ether oxygens (including phenoxy) is 1. The number of rotatable bonds is 7. The summed E-state index contributed by atoms with van der Waals surface area (Å²) in [6.07, 6.45) is 2.90. The summed E-state index contributed by atoms with van der Waals surface area (Å²) in [5.74, 6) is 1.42. The molecule has 0 aliphatic rings. The molecule has 1 aromatic heterocycles. The van der Waals surface area contributed by atoms with Crippen LogP contribution in [-0.2, 0) is 6.54 Å². The lowest BCUT2D eigenvalue weighted by Gasteiger charge is -2.06. The molecule has 0 N–H and O–H groups in total. The highest BCUT2D eigenvalue weighted by molar-refractivity contribution is 5.58. The second kappa shape index (κ2) is 7.97. The molecule has 0 saturated carbocycles. The van der Waals surface area contributed by atoms with E-state index in [-0.39, 0.29) is 0 Å². The van der Waals surface area contributed by atoms with Gasteiger partial charge in [0, 0.05) is 18.5 Å². The van der Waals surface area contributed by atoms with Crippen LogP contribution >= 0.6 is 0 Å². The first-order chi connectivity index (χ1) is 12.1. The third-order valence-electron chi connectivity index (χ3n) is 4.21. The van der Waals surface area contributed by atoms with E-state index in [2.05, 4.69) is 67.5 Å². The summed E-state index contributed by atoms with van der Waals surface area (Å²) in [5.41, 5.74) is 4.60. The molecule has 2 aromatic carbocycles. The van der Waals surface area contributed by atoms with Gasteiger partial charge in [0.1, 0.15) is 11.4 Å². The number of aromatic nitrogens is 3. The third kappa shape index (κ3) is 4.69. The van der Waals surface area contributed by atoms with Crippen LogP contribution in [0.3, 0.4) is 0 Å². The normalized spacial score (nSPS) is 11.0. The van der Waals surface area contributed by atoms with Crippen LogP contribution in [-0.4, -0.2) is 21.6 Å². The van der Waals surface area contributed by atoms with Crippen LogP contribution in [0.25, 0.3) is 11.3 Å². The Morgan fingerprint density at radius 1 is 1.08 bits per heavy atom. The summed E-state index contributed by atoms with van der Waals surface area (Å²) < 4.78 is 7.64. The molecule has 0 saturated heterocycles. The second-order valence-corrected chi connectivity index (χ2v) is 6.66. The molecule has 4 nitrogen and oxygen atoms in total. The van der Waals surface area contributed by atoms with Crippen LogP contribution < -0.4 is 4.74 Å². The monoisotopic (exact) mass is 335 g/mol. The van der Waals surface area contributed by atoms with Gasteiger partial charge in [0.25, 0.3) is 0 Å². The Hall–Kier alpha value is -2.62. The lowest BCUT2D eigenvalue weighted by atomic mass is 10.00. The predicted molar refractivity (Wildman–Crippen MR) is 101 cm³/mol. The molecule has 0 bridgehead atoms. The maximum absolute atomic E-state index is 5.75. The number of hydrogen-bond acceptors (Lipinski definition) is 3. The fraction of sp³-hybridized carbons (Fsp3) is 0.333. The van der Waals surface area contributed by atoms with Crippen molar-refractivity contribution >= 4 is 0 Å². The number of benzene rings is 2. The molecule has 0 unspecified atom stereocenters. The minimum absolute atomic E-state index is 0.508. The highest BCUT2D eigenvalue weighted by Crippen LogP contribution is 2.22. The van der Waals surface area contributed by atoms with E-state index >= 15 is 0 Å². The molecule has 0 atom stereocenters. The molecular formula is C21H25N3O. The van der Waals surface area contributed by atoms with Gasteiger partial charge >= 0.3 is 0 Å². The van der Waals surface area contributed by atoms with Gasteiger partial charge in [0.05, 0.1) is 12.8 Å². The fourth-order valence-corrected chi connectivity index (χ4v) is 2.65. The fourth-order valence-electron chi connectivity index (χ4n) is 2.65. The quantitative estimate of drug-likeness (QED) is 0.580. The summed E-state index contributed by atoms with van der Waals surface area (Å²) in [4.78, 5) is 0. The van der Waals surface area contributed by atoms with Crippen LogP contribution in [0.2, 0.25) is 0 Å². The van der Waals surface area contributed by atoms with Crippen LogP contribution in [0.15, 0.2) is 54.7 Å². The van der Waals surface area contributed by atoms with Gasteiger partial charge in [0.2, 0.25) is 0 Å². The van der Waals surface area contributed by atoms with E-state index in [0.717, 1.165) is 30.0 Å². The van der Waals surface area contributed by atoms with Gasteiger partial charge in [0.15, 0.2) is 0 Å². The lowest BCUT2D eigenvalue weighted by molar-refractivity contribution is 0.298. The average Bonchev–Trinajstić information content (AvgIpc) is 3.09. The Morgan fingerprint density at radius 2 is 1.88 bits per heavy atom. The van der Waals surface area contributed by atoms with Gasteiger partial charge in [-0.05, 0) is 36.6 Å². The van der Waals surface area contributed by atoms with Crippen molar-refractivity contribution in [1.82, 2.24) is 15.0 Å². The zero-order valence-electron chi connectivity index (χ0n) is 15.1. The van der Waals surface area contributed by atoms with Crippen molar-refractivity contribution in [3.63, 3.8) is 0 Å². The first-order valence-electron chi connectivity index (χ1n) is 8.82. The minimum atomic E-state index is 0.508. The average molecular weight is 335 g/mol. The maximum Gasteiger partial charge on any atom is 0.119 e. The molecule has 0 aliphatic carbocycles. The Kier molecular flexibility index (Phi) is 5.49. The Morgan fingerprint density at radius 3 is 2.64 bits per heavy atom. The van der Waals surface area contributed by atoms with E-state index in [1.54, 1.807) is 0 Å². The Bertz CT molecular complexity index is 806. The third-order valence-corrected chi connectivity index (χ3v) is 4.21. The summed E-state index contributed by atoms with van der Waals surface area (Å²) in [7, 11) is 0. The van der Waals surface area contributed by atoms with Crippen molar-refractivity contribution < 1.29 is 4.74 Å². The summed E-state index contributed by atoms with van der Waals surface area (Å²) in [5, 5.41) is 8.54. The number of nitrogens with zero attached hydrogens (tertiary/aromatic N) is 3. The zero-order valence-corrected chi connectivity index (χ0v) is 15.1. The maximum atomic E-state index is 5.75. The number of hydrogen-bond donors (Lipinski definition) is 0. The molecule has 0 spiro atoms. The Labute approximate surface area is 149 Å². The molecule has 3 aromatic rings. The van der Waals surface area contributed by atoms with Crippen molar-refractivity contribution in [2.75, 3.05) is 6.61 Å². The summed E-state index contributed by atoms with van der Waals surface area (Å²) in [6, 6.07) is 16.6. The molecule has 0 fully saturated rings. The largest absolute Gasteiger partial charge is 0.494 e. The Balaban J connectivity index is 1.53. The molecule has 130 valence electrons. The molecular weight excluding hydrogens is 310 g/mol. The zero-order chi connectivity index (χ0) is 17.6. The van der Waals surface area contributed by atoms with Crippen molar-refractivity contribution in [3.05, 3.63) is 65.9 Å². The van der Waals surface area contributed by atoms with E-state index in [0.29, 0.717) is 12.5 Å². The van der Waals surface area contributed by atoms with E-state index in [1.165, 1.54) is 11.1 Å². The highest BCUT2D eigenvalue weighted by Gasteiger charge is 2.06. The molecule has 25 heavy (non-hydrogen) atoms. The van der Waals surface area contributed by atoms with Gasteiger partial charge in [-0.1, -0.05) is 55.0 Å². The molecule has 3 rings (SSSR count). The minimum Gasteiger partial charge on any atom is -0.494 e. The van der Waals surface area contributed by atoms with Gasteiger partial charge in [-0.3, -0.25) is 4.68 Å². The smallest absolute Gasteiger partial charge is 0.119 e. The van der Waals surface area contributed by atoms with E-state index < -0.39 is 0 Å². The van der Waals surface area contributed by atoms with Crippen molar-refractivity contribution in [2.45, 2.75) is 39.7 Å². The van der Waals surface area contributed by atoms with Crippen molar-refractivity contribution in [2.24, 2.45) is 0 Å². The predicted octanol–water partition coefficient (Wildman–Crippen LogP) is 4.85. The highest BCUT2D eigenvalue weighted by atomic mass is 16.5. The molecule has 0 radical (unpaired) electrons. The molecule has 0 amide bonds. The number of aryl methyl sites for hydroxylation is 2. The lowest BCUT2D eigenvalue weighted by Crippen LogP contribution is -2.05. The first-order valence-corrected chi connectivity index (χ1v) is 8.82.